The molecule has 12 heteroatoms. The summed E-state index contributed by atoms with van der Waals surface area (Å²) in [6.45, 7) is 2.61. The molecule has 0 aliphatic heterocycles. The van der Waals surface area contributed by atoms with Gasteiger partial charge in [0, 0.05) is 32.0 Å². The van der Waals surface area contributed by atoms with Gasteiger partial charge in [0.2, 0.25) is 0 Å². The van der Waals surface area contributed by atoms with E-state index >= 15 is 0 Å². The Morgan fingerprint density at radius 1 is 1.33 bits per heavy atom. The van der Waals surface area contributed by atoms with Crippen molar-refractivity contribution in [2.24, 2.45) is 4.99 Å². The van der Waals surface area contributed by atoms with Crippen molar-refractivity contribution in [2.75, 3.05) is 21.2 Å². The first-order valence-electron chi connectivity index (χ1n) is 7.65. The molecule has 0 bridgehead atoms. The Kier molecular flexibility index (Phi) is 9.38. The molecule has 0 aromatic carbocycles. The second-order valence-corrected chi connectivity index (χ2v) is 7.27. The van der Waals surface area contributed by atoms with Crippen molar-refractivity contribution in [2.45, 2.75) is 32.3 Å². The lowest BCUT2D eigenvalue weighted by molar-refractivity contribution is -0.140. The molecule has 0 saturated carbocycles. The molecular formula is C15H21F3IN5OS2. The van der Waals surface area contributed by atoms with Crippen molar-refractivity contribution in [3.8, 4) is 0 Å². The van der Waals surface area contributed by atoms with Crippen molar-refractivity contribution in [1.29, 1.82) is 0 Å². The van der Waals surface area contributed by atoms with Crippen LogP contribution < -0.4 is 5.32 Å². The molecule has 2 rings (SSSR count). The van der Waals surface area contributed by atoms with Gasteiger partial charge in [-0.25, -0.2) is 9.97 Å². The van der Waals surface area contributed by atoms with Gasteiger partial charge in [0.05, 0.1) is 18.8 Å². The molecule has 0 spiro atoms. The third kappa shape index (κ3) is 6.84. The minimum Gasteiger partial charge on any atom is -0.375 e. The van der Waals surface area contributed by atoms with Gasteiger partial charge in [0.15, 0.2) is 11.7 Å². The fraction of sp³-hybridized carbons (Fsp3) is 0.533. The van der Waals surface area contributed by atoms with Gasteiger partial charge < -0.3 is 15.0 Å². The van der Waals surface area contributed by atoms with E-state index in [2.05, 4.69) is 20.3 Å². The molecule has 1 unspecified atom stereocenters. The van der Waals surface area contributed by atoms with Crippen LogP contribution in [0.4, 0.5) is 13.2 Å². The summed E-state index contributed by atoms with van der Waals surface area (Å²) >= 11 is 2.48. The molecule has 0 radical (unpaired) electrons. The van der Waals surface area contributed by atoms with E-state index in [-0.39, 0.29) is 36.6 Å². The Morgan fingerprint density at radius 2 is 2.04 bits per heavy atom. The van der Waals surface area contributed by atoms with Crippen molar-refractivity contribution >= 4 is 52.6 Å². The lowest BCUT2D eigenvalue weighted by Crippen LogP contribution is -2.38. The second kappa shape index (κ2) is 10.5. The largest absolute Gasteiger partial charge is 0.434 e. The topological polar surface area (TPSA) is 62.6 Å². The molecule has 0 saturated heterocycles. The first-order valence-corrected chi connectivity index (χ1v) is 9.41. The fourth-order valence-corrected chi connectivity index (χ4v) is 3.64. The maximum absolute atomic E-state index is 12.6. The highest BCUT2D eigenvalue weighted by atomic mass is 127. The van der Waals surface area contributed by atoms with Crippen LogP contribution in [-0.4, -0.2) is 42.0 Å². The number of rotatable bonds is 6. The van der Waals surface area contributed by atoms with Crippen molar-refractivity contribution in [3.05, 3.63) is 32.2 Å². The van der Waals surface area contributed by atoms with E-state index in [9.17, 15) is 13.2 Å². The zero-order valence-corrected chi connectivity index (χ0v) is 19.2. The molecule has 2 aromatic rings. The van der Waals surface area contributed by atoms with Crippen LogP contribution in [0.1, 0.15) is 34.4 Å². The number of aromatic nitrogens is 2. The van der Waals surface area contributed by atoms with Gasteiger partial charge in [-0.1, -0.05) is 0 Å². The number of nitrogens with zero attached hydrogens (tertiary/aromatic N) is 4. The van der Waals surface area contributed by atoms with Gasteiger partial charge in [0.1, 0.15) is 16.1 Å². The van der Waals surface area contributed by atoms with Crippen LogP contribution in [0.3, 0.4) is 0 Å². The zero-order valence-electron chi connectivity index (χ0n) is 15.2. The molecule has 1 atom stereocenters. The van der Waals surface area contributed by atoms with E-state index in [0.717, 1.165) is 27.4 Å². The maximum atomic E-state index is 12.6. The van der Waals surface area contributed by atoms with Crippen molar-refractivity contribution < 1.29 is 17.9 Å². The summed E-state index contributed by atoms with van der Waals surface area (Å²) in [5.74, 6) is 0.545. The monoisotopic (exact) mass is 535 g/mol. The molecule has 1 N–H and O–H groups in total. The van der Waals surface area contributed by atoms with Crippen LogP contribution in [0, 0.1) is 0 Å². The second-order valence-electron chi connectivity index (χ2n) is 5.44. The van der Waals surface area contributed by atoms with E-state index in [1.54, 1.807) is 14.2 Å². The third-order valence-electron chi connectivity index (χ3n) is 3.48. The zero-order chi connectivity index (χ0) is 19.3. The summed E-state index contributed by atoms with van der Waals surface area (Å²) in [5.41, 5.74) is -0.00198. The number of ether oxygens (including phenoxy) is 1. The van der Waals surface area contributed by atoms with Gasteiger partial charge in [-0.3, -0.25) is 4.99 Å². The summed E-state index contributed by atoms with van der Waals surface area (Å²) in [6.07, 6.45) is -4.49. The summed E-state index contributed by atoms with van der Waals surface area (Å²) in [5, 5.41) is 7.21. The normalized spacial score (nSPS) is 13.2. The van der Waals surface area contributed by atoms with Gasteiger partial charge in [-0.2, -0.15) is 13.2 Å². The number of methoxy groups -OCH3 is 1. The molecule has 27 heavy (non-hydrogen) atoms. The van der Waals surface area contributed by atoms with E-state index in [0.29, 0.717) is 17.5 Å². The molecule has 0 aliphatic carbocycles. The number of alkyl halides is 3. The molecule has 0 aliphatic rings. The predicted molar refractivity (Wildman–Crippen MR) is 112 cm³/mol. The fourth-order valence-electron chi connectivity index (χ4n) is 2.06. The molecule has 6 nitrogen and oxygen atoms in total. The average Bonchev–Trinajstić information content (AvgIpc) is 3.23. The Balaban J connectivity index is 0.00000364. The molecule has 2 heterocycles. The molecule has 152 valence electrons. The average molecular weight is 535 g/mol. The minimum absolute atomic E-state index is 0. The first kappa shape index (κ1) is 24.0. The quantitative estimate of drug-likeness (QED) is 0.342. The Bertz CT molecular complexity index is 750. The number of aliphatic imine (C=N–C) groups is 1. The smallest absolute Gasteiger partial charge is 0.375 e. The third-order valence-corrected chi connectivity index (χ3v) is 5.39. The Hall–Kier alpha value is -0.990. The number of guanidine groups is 1. The number of thiazole rings is 2. The first-order chi connectivity index (χ1) is 12.2. The van der Waals surface area contributed by atoms with Gasteiger partial charge in [-0.05, 0) is 6.92 Å². The van der Waals surface area contributed by atoms with Crippen LogP contribution in [0.15, 0.2) is 15.8 Å². The van der Waals surface area contributed by atoms with E-state index in [1.807, 2.05) is 24.3 Å². The predicted octanol–water partition coefficient (Wildman–Crippen LogP) is 4.15. The molecular weight excluding hydrogens is 514 g/mol. The SMILES string of the molecule is CN=C(NCc1nc(C(F)(F)F)cs1)N(C)Cc1csc(C(C)OC)n1.I. The Morgan fingerprint density at radius 3 is 2.59 bits per heavy atom. The summed E-state index contributed by atoms with van der Waals surface area (Å²) < 4.78 is 43.0. The highest BCUT2D eigenvalue weighted by Crippen LogP contribution is 2.30. The van der Waals surface area contributed by atoms with Crippen LogP contribution in [0.5, 0.6) is 0 Å². The summed E-state index contributed by atoms with van der Waals surface area (Å²) in [7, 11) is 5.07. The number of halogens is 4. The van der Waals surface area contributed by atoms with Gasteiger partial charge in [0.25, 0.3) is 0 Å². The van der Waals surface area contributed by atoms with Crippen LogP contribution in [0.25, 0.3) is 0 Å². The van der Waals surface area contributed by atoms with Gasteiger partial charge in [-0.15, -0.1) is 46.7 Å². The Labute approximate surface area is 180 Å². The standard InChI is InChI=1S/C15H20F3N5OS2.HI/c1-9(24-4)13-21-10(7-26-13)6-23(3)14(19-2)20-5-12-22-11(8-25-12)15(16,17)18;/h7-9H,5-6H2,1-4H3,(H,19,20);1H. The van der Waals surface area contributed by atoms with Crippen molar-refractivity contribution in [1.82, 2.24) is 20.2 Å². The molecule has 0 amide bonds. The molecule has 0 fully saturated rings. The summed E-state index contributed by atoms with van der Waals surface area (Å²) in [4.78, 5) is 14.1. The van der Waals surface area contributed by atoms with E-state index in [4.69, 9.17) is 4.74 Å². The minimum atomic E-state index is -4.42. The van der Waals surface area contributed by atoms with Crippen LogP contribution >= 0.6 is 46.7 Å². The summed E-state index contributed by atoms with van der Waals surface area (Å²) in [6, 6.07) is 0. The van der Waals surface area contributed by atoms with Crippen LogP contribution in [-0.2, 0) is 24.0 Å². The maximum Gasteiger partial charge on any atom is 0.434 e. The van der Waals surface area contributed by atoms with E-state index in [1.165, 1.54) is 11.3 Å². The lowest BCUT2D eigenvalue weighted by atomic mass is 10.4. The molecule has 2 aromatic heterocycles. The van der Waals surface area contributed by atoms with Gasteiger partial charge >= 0.3 is 6.18 Å². The van der Waals surface area contributed by atoms with Crippen molar-refractivity contribution in [3.63, 3.8) is 0 Å². The highest BCUT2D eigenvalue weighted by molar-refractivity contribution is 14.0. The number of hydrogen-bond acceptors (Lipinski definition) is 6. The van der Waals surface area contributed by atoms with E-state index < -0.39 is 11.9 Å². The highest BCUT2D eigenvalue weighted by Gasteiger charge is 2.33. The number of hydrogen-bond donors (Lipinski definition) is 1. The van der Waals surface area contributed by atoms with Crippen LogP contribution in [0.2, 0.25) is 0 Å². The lowest BCUT2D eigenvalue weighted by Gasteiger charge is -2.20. The number of nitrogens with one attached hydrogen (secondary N) is 1.